The molecule has 3 N–H and O–H groups in total. The number of nitrogens with one attached hydrogen (secondary N) is 2. The van der Waals surface area contributed by atoms with Crippen molar-refractivity contribution in [2.24, 2.45) is 0 Å². The van der Waals surface area contributed by atoms with Gasteiger partial charge in [-0.1, -0.05) is 0 Å². The molecule has 98 valence electrons. The third-order valence-corrected chi connectivity index (χ3v) is 2.11. The first-order chi connectivity index (χ1) is 8.43. The number of methoxy groups -OCH3 is 1. The van der Waals surface area contributed by atoms with Gasteiger partial charge in [-0.3, -0.25) is 0 Å². The van der Waals surface area contributed by atoms with Gasteiger partial charge in [0.05, 0.1) is 7.11 Å². The van der Waals surface area contributed by atoms with Crippen LogP contribution in [0, 0.1) is 0 Å². The molecule has 1 aromatic rings. The molecule has 1 aromatic carbocycles. The number of carboxylic acid groups (broad SMARTS) is 1. The van der Waals surface area contributed by atoms with Crippen molar-refractivity contribution in [2.45, 2.75) is 19.9 Å². The molecule has 0 saturated heterocycles. The third-order valence-electron chi connectivity index (χ3n) is 2.11. The number of anilines is 1. The van der Waals surface area contributed by atoms with E-state index in [2.05, 4.69) is 10.6 Å². The van der Waals surface area contributed by atoms with E-state index in [0.717, 1.165) is 0 Å². The van der Waals surface area contributed by atoms with E-state index in [1.807, 2.05) is 13.8 Å². The molecular formula is C12H16N2O4. The highest BCUT2D eigenvalue weighted by molar-refractivity contribution is 5.94. The molecule has 0 saturated carbocycles. The molecule has 2 amide bonds. The summed E-state index contributed by atoms with van der Waals surface area (Å²) >= 11 is 0. The molecule has 1 rings (SSSR count). The minimum Gasteiger partial charge on any atom is -0.496 e. The van der Waals surface area contributed by atoms with Gasteiger partial charge in [-0.25, -0.2) is 9.59 Å². The zero-order valence-corrected chi connectivity index (χ0v) is 10.5. The highest BCUT2D eigenvalue weighted by atomic mass is 16.5. The monoisotopic (exact) mass is 252 g/mol. The number of rotatable bonds is 4. The van der Waals surface area contributed by atoms with Crippen LogP contribution in [0.25, 0.3) is 0 Å². The van der Waals surface area contributed by atoms with Crippen molar-refractivity contribution in [1.82, 2.24) is 5.32 Å². The molecule has 0 aliphatic rings. The number of hydrogen-bond acceptors (Lipinski definition) is 3. The highest BCUT2D eigenvalue weighted by Crippen LogP contribution is 2.23. The van der Waals surface area contributed by atoms with Crippen molar-refractivity contribution in [3.8, 4) is 5.75 Å². The molecule has 6 heteroatoms. The van der Waals surface area contributed by atoms with Crippen LogP contribution < -0.4 is 15.4 Å². The van der Waals surface area contributed by atoms with E-state index in [1.54, 1.807) is 0 Å². The van der Waals surface area contributed by atoms with Gasteiger partial charge < -0.3 is 20.5 Å². The van der Waals surface area contributed by atoms with E-state index in [1.165, 1.54) is 25.3 Å². The Morgan fingerprint density at radius 1 is 1.33 bits per heavy atom. The van der Waals surface area contributed by atoms with Gasteiger partial charge in [-0.2, -0.15) is 0 Å². The summed E-state index contributed by atoms with van der Waals surface area (Å²) in [6.07, 6.45) is 0. The predicted octanol–water partition coefficient (Wildman–Crippen LogP) is 1.92. The average molecular weight is 252 g/mol. The van der Waals surface area contributed by atoms with Gasteiger partial charge in [0.15, 0.2) is 0 Å². The summed E-state index contributed by atoms with van der Waals surface area (Å²) in [7, 11) is 1.37. The lowest BCUT2D eigenvalue weighted by Crippen LogP contribution is -2.34. The summed E-state index contributed by atoms with van der Waals surface area (Å²) in [6.45, 7) is 3.68. The summed E-state index contributed by atoms with van der Waals surface area (Å²) in [5, 5.41) is 14.2. The number of benzene rings is 1. The number of hydrogen-bond donors (Lipinski definition) is 3. The fraction of sp³-hybridized carbons (Fsp3) is 0.333. The van der Waals surface area contributed by atoms with Crippen LogP contribution >= 0.6 is 0 Å². The maximum absolute atomic E-state index is 11.5. The van der Waals surface area contributed by atoms with Gasteiger partial charge in [0.2, 0.25) is 0 Å². The number of amides is 2. The smallest absolute Gasteiger partial charge is 0.339 e. The zero-order chi connectivity index (χ0) is 13.7. The Labute approximate surface area is 105 Å². The van der Waals surface area contributed by atoms with Gasteiger partial charge in [-0.05, 0) is 26.0 Å². The Balaban J connectivity index is 2.86. The summed E-state index contributed by atoms with van der Waals surface area (Å²) < 4.78 is 4.96. The standard InChI is InChI=1S/C12H16N2O4/c1-7(2)13-12(17)14-8-4-5-9(11(15)16)10(6-8)18-3/h4-7H,1-3H3,(H,15,16)(H2,13,14,17). The number of ether oxygens (including phenoxy) is 1. The van der Waals surface area contributed by atoms with Crippen LogP contribution in [0.5, 0.6) is 5.75 Å². The van der Waals surface area contributed by atoms with Gasteiger partial charge >= 0.3 is 12.0 Å². The van der Waals surface area contributed by atoms with Crippen LogP contribution in [-0.2, 0) is 0 Å². The number of carbonyl (C=O) groups is 2. The number of aromatic carboxylic acids is 1. The van der Waals surface area contributed by atoms with Crippen LogP contribution in [-0.4, -0.2) is 30.3 Å². The van der Waals surface area contributed by atoms with Crippen LogP contribution in [0.2, 0.25) is 0 Å². The summed E-state index contributed by atoms with van der Waals surface area (Å²) in [4.78, 5) is 22.3. The molecule has 6 nitrogen and oxygen atoms in total. The largest absolute Gasteiger partial charge is 0.496 e. The normalized spacial score (nSPS) is 10.0. The van der Waals surface area contributed by atoms with E-state index in [4.69, 9.17) is 9.84 Å². The van der Waals surface area contributed by atoms with E-state index in [-0.39, 0.29) is 23.4 Å². The first-order valence-electron chi connectivity index (χ1n) is 5.43. The first-order valence-corrected chi connectivity index (χ1v) is 5.43. The minimum atomic E-state index is -1.08. The topological polar surface area (TPSA) is 87.7 Å². The van der Waals surface area contributed by atoms with Crippen molar-refractivity contribution >= 4 is 17.7 Å². The van der Waals surface area contributed by atoms with Crippen molar-refractivity contribution in [3.63, 3.8) is 0 Å². The molecule has 0 aliphatic carbocycles. The van der Waals surface area contributed by atoms with Crippen molar-refractivity contribution in [1.29, 1.82) is 0 Å². The lowest BCUT2D eigenvalue weighted by Gasteiger charge is -2.11. The highest BCUT2D eigenvalue weighted by Gasteiger charge is 2.12. The van der Waals surface area contributed by atoms with Crippen molar-refractivity contribution in [2.75, 3.05) is 12.4 Å². The predicted molar refractivity (Wildman–Crippen MR) is 67.2 cm³/mol. The van der Waals surface area contributed by atoms with E-state index < -0.39 is 5.97 Å². The molecule has 0 bridgehead atoms. The second-order valence-corrected chi connectivity index (χ2v) is 3.97. The molecule has 0 unspecified atom stereocenters. The van der Waals surface area contributed by atoms with Crippen LogP contribution in [0.15, 0.2) is 18.2 Å². The molecule has 0 aromatic heterocycles. The number of carboxylic acids is 1. The summed E-state index contributed by atoms with van der Waals surface area (Å²) in [6, 6.07) is 4.02. The molecule has 0 aliphatic heterocycles. The van der Waals surface area contributed by atoms with Crippen LogP contribution in [0.4, 0.5) is 10.5 Å². The molecule has 0 radical (unpaired) electrons. The number of urea groups is 1. The molecule has 0 fully saturated rings. The zero-order valence-electron chi connectivity index (χ0n) is 10.5. The van der Waals surface area contributed by atoms with Crippen molar-refractivity contribution < 1.29 is 19.4 Å². The third kappa shape index (κ3) is 3.65. The fourth-order valence-corrected chi connectivity index (χ4v) is 1.38. The van der Waals surface area contributed by atoms with Gasteiger partial charge in [0, 0.05) is 17.8 Å². The molecule has 0 spiro atoms. The maximum atomic E-state index is 11.5. The quantitative estimate of drug-likeness (QED) is 0.764. The Morgan fingerprint density at radius 3 is 2.50 bits per heavy atom. The minimum absolute atomic E-state index is 0.0187. The SMILES string of the molecule is COc1cc(NC(=O)NC(C)C)ccc1C(=O)O. The second-order valence-electron chi connectivity index (χ2n) is 3.97. The van der Waals surface area contributed by atoms with E-state index >= 15 is 0 Å². The van der Waals surface area contributed by atoms with Gasteiger partial charge in [0.25, 0.3) is 0 Å². The maximum Gasteiger partial charge on any atom is 0.339 e. The summed E-state index contributed by atoms with van der Waals surface area (Å²) in [5.41, 5.74) is 0.516. The van der Waals surface area contributed by atoms with Gasteiger partial charge in [-0.15, -0.1) is 0 Å². The van der Waals surface area contributed by atoms with Crippen LogP contribution in [0.1, 0.15) is 24.2 Å². The first kappa shape index (κ1) is 13.8. The molecular weight excluding hydrogens is 236 g/mol. The molecule has 0 atom stereocenters. The number of carbonyl (C=O) groups excluding carboxylic acids is 1. The Kier molecular flexibility index (Phi) is 4.53. The second kappa shape index (κ2) is 5.90. The van der Waals surface area contributed by atoms with Crippen LogP contribution in [0.3, 0.4) is 0 Å². The lowest BCUT2D eigenvalue weighted by atomic mass is 10.2. The Bertz CT molecular complexity index is 457. The Morgan fingerprint density at radius 2 is 2.00 bits per heavy atom. The van der Waals surface area contributed by atoms with Crippen molar-refractivity contribution in [3.05, 3.63) is 23.8 Å². The molecule has 0 heterocycles. The fourth-order valence-electron chi connectivity index (χ4n) is 1.38. The Hall–Kier alpha value is -2.24. The van der Waals surface area contributed by atoms with E-state index in [9.17, 15) is 9.59 Å². The van der Waals surface area contributed by atoms with E-state index in [0.29, 0.717) is 5.69 Å². The van der Waals surface area contributed by atoms with Gasteiger partial charge in [0.1, 0.15) is 11.3 Å². The average Bonchev–Trinajstić information content (AvgIpc) is 2.27. The lowest BCUT2D eigenvalue weighted by molar-refractivity contribution is 0.0693. The molecule has 18 heavy (non-hydrogen) atoms. The summed E-state index contributed by atoms with van der Waals surface area (Å²) in [5.74, 6) is -0.880.